The lowest BCUT2D eigenvalue weighted by atomic mass is 9.82. The molecule has 0 atom stereocenters. The van der Waals surface area contributed by atoms with Crippen LogP contribution in [0.4, 0.5) is 4.48 Å². The Morgan fingerprint density at radius 2 is 2.05 bits per heavy atom. The Kier molecular flexibility index (Phi) is 4.92. The predicted molar refractivity (Wildman–Crippen MR) is 89.0 cm³/mol. The van der Waals surface area contributed by atoms with Crippen LogP contribution in [-0.4, -0.2) is 40.9 Å². The van der Waals surface area contributed by atoms with Gasteiger partial charge in [0.25, 0.3) is 0 Å². The molecular formula is C15H21BFN2O2S. The van der Waals surface area contributed by atoms with Crippen LogP contribution in [0.2, 0.25) is 0 Å². The van der Waals surface area contributed by atoms with Crippen molar-refractivity contribution in [3.05, 3.63) is 23.2 Å². The molecule has 119 valence electrons. The zero-order chi connectivity index (χ0) is 16.5. The Morgan fingerprint density at radius 1 is 1.36 bits per heavy atom. The topological polar surface area (TPSA) is 45.6 Å². The molecule has 1 heterocycles. The van der Waals surface area contributed by atoms with Crippen molar-refractivity contribution < 1.29 is 14.2 Å². The second-order valence-electron chi connectivity index (χ2n) is 6.40. The Hall–Kier alpha value is -1.02. The van der Waals surface area contributed by atoms with Gasteiger partial charge in [-0.05, 0) is 39.8 Å². The molecule has 0 aliphatic carbocycles. The molecule has 0 aliphatic heterocycles. The number of aliphatic hydroxyl groups is 1. The first-order valence-corrected chi connectivity index (χ1v) is 7.90. The van der Waals surface area contributed by atoms with Crippen molar-refractivity contribution in [3.8, 4) is 0 Å². The van der Waals surface area contributed by atoms with Crippen LogP contribution in [0.5, 0.6) is 0 Å². The molecule has 2 rings (SSSR count). The van der Waals surface area contributed by atoms with E-state index in [0.29, 0.717) is 5.12 Å². The van der Waals surface area contributed by atoms with Crippen LogP contribution < -0.4 is 5.46 Å². The first-order valence-electron chi connectivity index (χ1n) is 7.08. The minimum Gasteiger partial charge on any atom is -0.427 e. The average molecular weight is 323 g/mol. The Balaban J connectivity index is 2.13. The largest absolute Gasteiger partial charge is 0.427 e. The molecule has 1 aromatic heterocycles. The second kappa shape index (κ2) is 6.24. The summed E-state index contributed by atoms with van der Waals surface area (Å²) in [4.78, 5) is 4.42. The highest BCUT2D eigenvalue weighted by atomic mass is 32.1. The molecular weight excluding hydrogens is 302 g/mol. The quantitative estimate of drug-likeness (QED) is 0.655. The number of nitrogens with zero attached hydrogens (tertiary/aromatic N) is 2. The van der Waals surface area contributed by atoms with E-state index in [2.05, 4.69) is 4.98 Å². The molecule has 0 unspecified atom stereocenters. The maximum atomic E-state index is 12.9. The third-order valence-electron chi connectivity index (χ3n) is 3.77. The maximum absolute atomic E-state index is 12.9. The molecule has 0 fully saturated rings. The number of hydrogen-bond acceptors (Lipinski definition) is 5. The minimum absolute atomic E-state index is 0.181. The van der Waals surface area contributed by atoms with Crippen LogP contribution >= 0.6 is 11.3 Å². The number of benzene rings is 1. The molecule has 0 aliphatic rings. The lowest BCUT2D eigenvalue weighted by Gasteiger charge is -2.37. The molecule has 0 bridgehead atoms. The molecule has 0 saturated carbocycles. The van der Waals surface area contributed by atoms with Gasteiger partial charge in [0.15, 0.2) is 0 Å². The number of halogens is 1. The molecule has 2 aromatic rings. The van der Waals surface area contributed by atoms with E-state index >= 15 is 0 Å². The van der Waals surface area contributed by atoms with E-state index < -0.39 is 11.2 Å². The van der Waals surface area contributed by atoms with Crippen LogP contribution in [-0.2, 0) is 11.2 Å². The fourth-order valence-corrected chi connectivity index (χ4v) is 2.66. The standard InChI is InChI=1S/C15H21BFN2O2S/c1-14(2,20)15(3,4)21-16-10-6-7-12-11(8-10)18-13(22-12)9-19(5)17/h6-8,20H,9H2,1-5H3. The van der Waals surface area contributed by atoms with Gasteiger partial charge in [-0.15, -0.1) is 20.9 Å². The second-order valence-corrected chi connectivity index (χ2v) is 7.52. The van der Waals surface area contributed by atoms with Crippen LogP contribution in [0.3, 0.4) is 0 Å². The summed E-state index contributed by atoms with van der Waals surface area (Å²) in [6, 6.07) is 5.76. The SMILES string of the molecule is CN(F)Cc1nc2cc([B]OC(C)(C)C(C)(C)O)ccc2s1. The highest BCUT2D eigenvalue weighted by molar-refractivity contribution is 7.18. The summed E-state index contributed by atoms with van der Waals surface area (Å²) < 4.78 is 19.7. The molecule has 0 spiro atoms. The van der Waals surface area contributed by atoms with Crippen LogP contribution in [0.15, 0.2) is 18.2 Å². The molecule has 0 amide bonds. The fourth-order valence-electron chi connectivity index (χ4n) is 1.68. The molecule has 22 heavy (non-hydrogen) atoms. The summed E-state index contributed by atoms with van der Waals surface area (Å²) in [6.07, 6.45) is 0. The third kappa shape index (κ3) is 4.04. The van der Waals surface area contributed by atoms with Gasteiger partial charge in [0.2, 0.25) is 0 Å². The van der Waals surface area contributed by atoms with Gasteiger partial charge in [-0.2, -0.15) is 0 Å². The Morgan fingerprint density at radius 3 is 2.64 bits per heavy atom. The number of hydrogen-bond donors (Lipinski definition) is 1. The van der Waals surface area contributed by atoms with Crippen LogP contribution in [0.25, 0.3) is 10.2 Å². The highest BCUT2D eigenvalue weighted by Gasteiger charge is 2.35. The smallest absolute Gasteiger partial charge is 0.330 e. The molecule has 4 nitrogen and oxygen atoms in total. The van der Waals surface area contributed by atoms with Crippen molar-refractivity contribution in [1.29, 1.82) is 0 Å². The van der Waals surface area contributed by atoms with E-state index in [4.69, 9.17) is 4.65 Å². The first-order chi connectivity index (χ1) is 10.1. The summed E-state index contributed by atoms with van der Waals surface area (Å²) in [5.41, 5.74) is -0.00488. The van der Waals surface area contributed by atoms with Gasteiger partial charge in [-0.25, -0.2) is 4.98 Å². The van der Waals surface area contributed by atoms with Gasteiger partial charge in [0, 0.05) is 7.05 Å². The number of thiazole rings is 1. The van der Waals surface area contributed by atoms with Crippen molar-refractivity contribution in [2.45, 2.75) is 45.4 Å². The van der Waals surface area contributed by atoms with E-state index in [1.807, 2.05) is 32.0 Å². The zero-order valence-electron chi connectivity index (χ0n) is 13.6. The van der Waals surface area contributed by atoms with Gasteiger partial charge >= 0.3 is 7.48 Å². The number of fused-ring (bicyclic) bond motifs is 1. The normalized spacial score (nSPS) is 13.1. The Bertz CT molecular complexity index is 653. The van der Waals surface area contributed by atoms with Crippen LogP contribution in [0, 0.1) is 0 Å². The summed E-state index contributed by atoms with van der Waals surface area (Å²) in [7, 11) is 3.00. The molecule has 1 radical (unpaired) electrons. The highest BCUT2D eigenvalue weighted by Crippen LogP contribution is 2.25. The molecule has 0 saturated heterocycles. The summed E-state index contributed by atoms with van der Waals surface area (Å²) in [5, 5.41) is 11.4. The molecule has 1 N–H and O–H groups in total. The van der Waals surface area contributed by atoms with Crippen LogP contribution in [0.1, 0.15) is 32.7 Å². The van der Waals surface area contributed by atoms with Crippen molar-refractivity contribution in [2.24, 2.45) is 0 Å². The van der Waals surface area contributed by atoms with Gasteiger partial charge < -0.3 is 9.76 Å². The maximum Gasteiger partial charge on any atom is 0.330 e. The number of aromatic nitrogens is 1. The fraction of sp³-hybridized carbons (Fsp3) is 0.533. The van der Waals surface area contributed by atoms with E-state index in [9.17, 15) is 9.59 Å². The van der Waals surface area contributed by atoms with Gasteiger partial charge in [-0.3, -0.25) is 0 Å². The van der Waals surface area contributed by atoms with E-state index in [0.717, 1.165) is 20.7 Å². The van der Waals surface area contributed by atoms with Crippen molar-refractivity contribution >= 4 is 34.5 Å². The predicted octanol–water partition coefficient (Wildman–Crippen LogP) is 2.42. The average Bonchev–Trinajstić information content (AvgIpc) is 2.75. The summed E-state index contributed by atoms with van der Waals surface area (Å²) >= 11 is 1.47. The van der Waals surface area contributed by atoms with Crippen molar-refractivity contribution in [2.75, 3.05) is 7.05 Å². The van der Waals surface area contributed by atoms with Crippen molar-refractivity contribution in [3.63, 3.8) is 0 Å². The Labute approximate surface area is 135 Å². The van der Waals surface area contributed by atoms with E-state index in [1.54, 1.807) is 21.3 Å². The number of rotatable bonds is 6. The van der Waals surface area contributed by atoms with Gasteiger partial charge in [0.1, 0.15) is 5.01 Å². The molecule has 7 heteroatoms. The third-order valence-corrected chi connectivity index (χ3v) is 4.79. The van der Waals surface area contributed by atoms with Gasteiger partial charge in [-0.1, -0.05) is 11.5 Å². The summed E-state index contributed by atoms with van der Waals surface area (Å²) in [5.74, 6) is 0. The van der Waals surface area contributed by atoms with Crippen molar-refractivity contribution in [1.82, 2.24) is 10.1 Å². The zero-order valence-corrected chi connectivity index (χ0v) is 14.4. The lowest BCUT2D eigenvalue weighted by molar-refractivity contribution is -0.0893. The van der Waals surface area contributed by atoms with E-state index in [-0.39, 0.29) is 6.54 Å². The minimum atomic E-state index is -0.965. The lowest BCUT2D eigenvalue weighted by Crippen LogP contribution is -2.49. The first kappa shape index (κ1) is 17.3. The monoisotopic (exact) mass is 323 g/mol. The summed E-state index contributed by atoms with van der Waals surface area (Å²) in [6.45, 7) is 7.27. The molecule has 1 aromatic carbocycles. The van der Waals surface area contributed by atoms with E-state index in [1.165, 1.54) is 18.4 Å². The van der Waals surface area contributed by atoms with Gasteiger partial charge in [0.05, 0.1) is 28.0 Å².